The molecule has 30 heavy (non-hydrogen) atoms. The first kappa shape index (κ1) is 23.8. The van der Waals surface area contributed by atoms with E-state index < -0.39 is 27.6 Å². The van der Waals surface area contributed by atoms with Crippen LogP contribution in [0.1, 0.15) is 32.3 Å². The molecule has 0 aliphatic rings. The first-order valence-corrected chi connectivity index (χ1v) is 11.5. The van der Waals surface area contributed by atoms with E-state index in [1.807, 2.05) is 18.2 Å². The van der Waals surface area contributed by atoms with Crippen LogP contribution in [0.25, 0.3) is 16.8 Å². The molecule has 0 radical (unpaired) electrons. The maximum Gasteiger partial charge on any atom is 0.250 e. The molecule has 8 heteroatoms. The third-order valence-electron chi connectivity index (χ3n) is 4.62. The third-order valence-corrected chi connectivity index (χ3v) is 5.95. The number of aliphatic hydroxyl groups is 2. The standard InChI is InChI=1S/C22H29N3O4S/c1-3-9-25(10-4-2)20-8-7-18-11-17(5-6-19(18)13-20)12-22(14-23)30(28,29)24-15-21(27)16-26/h5-8,11-13,21,24,26-27H,3-4,9-10,15-16H2,1-2H3/b22-12+. The molecule has 0 bridgehead atoms. The first-order valence-electron chi connectivity index (χ1n) is 10.0. The van der Waals surface area contributed by atoms with Crippen LogP contribution in [0.2, 0.25) is 0 Å². The Balaban J connectivity index is 2.31. The Kier molecular flexibility index (Phi) is 8.81. The van der Waals surface area contributed by atoms with Crippen molar-refractivity contribution in [2.75, 3.05) is 31.1 Å². The molecule has 1 atom stereocenters. The molecule has 0 spiro atoms. The number of sulfonamides is 1. The van der Waals surface area contributed by atoms with Gasteiger partial charge in [0.2, 0.25) is 0 Å². The van der Waals surface area contributed by atoms with Gasteiger partial charge in [0.05, 0.1) is 12.7 Å². The van der Waals surface area contributed by atoms with Gasteiger partial charge in [-0.1, -0.05) is 32.0 Å². The maximum absolute atomic E-state index is 12.3. The normalized spacial score (nSPS) is 13.2. The number of aliphatic hydroxyl groups excluding tert-OH is 2. The van der Waals surface area contributed by atoms with Gasteiger partial charge in [0, 0.05) is 25.3 Å². The molecule has 2 aromatic rings. The van der Waals surface area contributed by atoms with Gasteiger partial charge in [-0.2, -0.15) is 5.26 Å². The quantitative estimate of drug-likeness (QED) is 0.471. The second kappa shape index (κ2) is 11.1. The zero-order valence-electron chi connectivity index (χ0n) is 17.4. The van der Waals surface area contributed by atoms with Gasteiger partial charge in [-0.25, -0.2) is 13.1 Å². The van der Waals surface area contributed by atoms with Gasteiger partial charge in [0.15, 0.2) is 4.91 Å². The van der Waals surface area contributed by atoms with Crippen LogP contribution in [0, 0.1) is 11.3 Å². The fraction of sp³-hybridized carbons (Fsp3) is 0.409. The predicted octanol–water partition coefficient (Wildman–Crippen LogP) is 2.60. The molecular formula is C22H29N3O4S. The monoisotopic (exact) mass is 431 g/mol. The van der Waals surface area contributed by atoms with Crippen molar-refractivity contribution in [2.24, 2.45) is 0 Å². The fourth-order valence-electron chi connectivity index (χ4n) is 3.12. The number of anilines is 1. The van der Waals surface area contributed by atoms with Gasteiger partial charge in [-0.3, -0.25) is 0 Å². The number of benzene rings is 2. The van der Waals surface area contributed by atoms with Crippen LogP contribution in [0.15, 0.2) is 41.3 Å². The Morgan fingerprint density at radius 1 is 1.17 bits per heavy atom. The average molecular weight is 432 g/mol. The van der Waals surface area contributed by atoms with Crippen molar-refractivity contribution in [3.05, 3.63) is 46.9 Å². The smallest absolute Gasteiger partial charge is 0.250 e. The lowest BCUT2D eigenvalue weighted by Crippen LogP contribution is -2.34. The SMILES string of the molecule is CCCN(CCC)c1ccc2cc(/C=C(\C#N)S(=O)(=O)NCC(O)CO)ccc2c1. The van der Waals surface area contributed by atoms with E-state index in [9.17, 15) is 18.8 Å². The number of rotatable bonds is 11. The third kappa shape index (κ3) is 6.28. The summed E-state index contributed by atoms with van der Waals surface area (Å²) < 4.78 is 26.7. The zero-order valence-corrected chi connectivity index (χ0v) is 18.2. The minimum atomic E-state index is -4.09. The number of nitriles is 1. The Bertz CT molecular complexity index is 1020. The first-order chi connectivity index (χ1) is 14.3. The summed E-state index contributed by atoms with van der Waals surface area (Å²) in [5, 5.41) is 29.4. The summed E-state index contributed by atoms with van der Waals surface area (Å²) in [7, 11) is -4.09. The van der Waals surface area contributed by atoms with E-state index in [1.54, 1.807) is 12.1 Å². The summed E-state index contributed by atoms with van der Waals surface area (Å²) in [4.78, 5) is 1.89. The molecule has 0 heterocycles. The van der Waals surface area contributed by atoms with Crippen molar-refractivity contribution >= 4 is 32.6 Å². The summed E-state index contributed by atoms with van der Waals surface area (Å²) in [5.41, 5.74) is 1.74. The summed E-state index contributed by atoms with van der Waals surface area (Å²) in [6.07, 6.45) is 2.20. The highest BCUT2D eigenvalue weighted by molar-refractivity contribution is 7.93. The molecule has 2 rings (SSSR count). The molecule has 0 saturated carbocycles. The highest BCUT2D eigenvalue weighted by atomic mass is 32.2. The van der Waals surface area contributed by atoms with Crippen molar-refractivity contribution in [3.8, 4) is 6.07 Å². The highest BCUT2D eigenvalue weighted by Crippen LogP contribution is 2.25. The summed E-state index contributed by atoms with van der Waals surface area (Å²) >= 11 is 0. The van der Waals surface area contributed by atoms with Gasteiger partial charge >= 0.3 is 0 Å². The van der Waals surface area contributed by atoms with Crippen molar-refractivity contribution in [1.29, 1.82) is 5.26 Å². The van der Waals surface area contributed by atoms with Crippen molar-refractivity contribution < 1.29 is 18.6 Å². The molecule has 7 nitrogen and oxygen atoms in total. The van der Waals surface area contributed by atoms with Gasteiger partial charge in [0.25, 0.3) is 10.0 Å². The zero-order chi connectivity index (χ0) is 22.1. The van der Waals surface area contributed by atoms with Gasteiger partial charge in [0.1, 0.15) is 6.07 Å². The molecule has 0 fully saturated rings. The van der Waals surface area contributed by atoms with E-state index in [2.05, 4.69) is 35.6 Å². The van der Waals surface area contributed by atoms with Gasteiger partial charge in [-0.15, -0.1) is 0 Å². The second-order valence-electron chi connectivity index (χ2n) is 7.09. The molecule has 0 aromatic heterocycles. The van der Waals surface area contributed by atoms with Crippen LogP contribution in [0.5, 0.6) is 0 Å². The highest BCUT2D eigenvalue weighted by Gasteiger charge is 2.18. The molecule has 0 amide bonds. The molecule has 0 aliphatic heterocycles. The van der Waals surface area contributed by atoms with Crippen LogP contribution in [0.3, 0.4) is 0 Å². The predicted molar refractivity (Wildman–Crippen MR) is 120 cm³/mol. The van der Waals surface area contributed by atoms with Crippen molar-refractivity contribution in [2.45, 2.75) is 32.8 Å². The summed E-state index contributed by atoms with van der Waals surface area (Å²) in [6, 6.07) is 13.4. The lowest BCUT2D eigenvalue weighted by Gasteiger charge is -2.24. The fourth-order valence-corrected chi connectivity index (χ4v) is 4.10. The molecule has 0 saturated heterocycles. The van der Waals surface area contributed by atoms with E-state index in [0.29, 0.717) is 5.56 Å². The number of hydrogen-bond acceptors (Lipinski definition) is 6. The number of hydrogen-bond donors (Lipinski definition) is 3. The van der Waals surface area contributed by atoms with E-state index in [0.717, 1.165) is 42.4 Å². The Morgan fingerprint density at radius 2 is 1.80 bits per heavy atom. The number of allylic oxidation sites excluding steroid dienone is 1. The molecule has 1 unspecified atom stereocenters. The van der Waals surface area contributed by atoms with Gasteiger partial charge in [-0.05, 0) is 53.5 Å². The number of nitrogens with one attached hydrogen (secondary N) is 1. The van der Waals surface area contributed by atoms with Crippen LogP contribution in [-0.2, 0) is 10.0 Å². The van der Waals surface area contributed by atoms with Crippen LogP contribution in [0.4, 0.5) is 5.69 Å². The molecule has 0 aliphatic carbocycles. The minimum Gasteiger partial charge on any atom is -0.394 e. The van der Waals surface area contributed by atoms with Crippen LogP contribution >= 0.6 is 0 Å². The summed E-state index contributed by atoms with van der Waals surface area (Å²) in [6.45, 7) is 5.34. The molecular weight excluding hydrogens is 402 g/mol. The van der Waals surface area contributed by atoms with Gasteiger partial charge < -0.3 is 15.1 Å². The van der Waals surface area contributed by atoms with Crippen molar-refractivity contribution in [1.82, 2.24) is 4.72 Å². The number of fused-ring (bicyclic) bond motifs is 1. The minimum absolute atomic E-state index is 0.371. The van der Waals surface area contributed by atoms with E-state index in [-0.39, 0.29) is 6.54 Å². The number of nitrogens with zero attached hydrogens (tertiary/aromatic N) is 2. The van der Waals surface area contributed by atoms with E-state index in [1.165, 1.54) is 6.08 Å². The van der Waals surface area contributed by atoms with Crippen LogP contribution < -0.4 is 9.62 Å². The molecule has 2 aromatic carbocycles. The second-order valence-corrected chi connectivity index (χ2v) is 8.82. The summed E-state index contributed by atoms with van der Waals surface area (Å²) in [5.74, 6) is 0. The van der Waals surface area contributed by atoms with E-state index >= 15 is 0 Å². The Morgan fingerprint density at radius 3 is 2.40 bits per heavy atom. The lowest BCUT2D eigenvalue weighted by molar-refractivity contribution is 0.0989. The topological polar surface area (TPSA) is 114 Å². The average Bonchev–Trinajstić information content (AvgIpc) is 2.75. The van der Waals surface area contributed by atoms with Crippen LogP contribution in [-0.4, -0.2) is 51.0 Å². The van der Waals surface area contributed by atoms with E-state index in [4.69, 9.17) is 5.11 Å². The molecule has 162 valence electrons. The Labute approximate surface area is 178 Å². The largest absolute Gasteiger partial charge is 0.394 e. The van der Waals surface area contributed by atoms with Crippen molar-refractivity contribution in [3.63, 3.8) is 0 Å². The maximum atomic E-state index is 12.3. The Hall–Kier alpha value is -2.44. The lowest BCUT2D eigenvalue weighted by atomic mass is 10.1. The molecule has 3 N–H and O–H groups in total.